The van der Waals surface area contributed by atoms with Gasteiger partial charge in [0, 0.05) is 25.8 Å². The first kappa shape index (κ1) is 15.6. The normalized spacial score (nSPS) is 16.3. The predicted molar refractivity (Wildman–Crippen MR) is 98.2 cm³/mol. The van der Waals surface area contributed by atoms with Gasteiger partial charge in [-0.2, -0.15) is 4.68 Å². The zero-order valence-corrected chi connectivity index (χ0v) is 15.2. The van der Waals surface area contributed by atoms with Crippen molar-refractivity contribution in [3.8, 4) is 0 Å². The molecule has 8 heteroatoms. The van der Waals surface area contributed by atoms with Crippen LogP contribution in [0.15, 0.2) is 53.0 Å². The van der Waals surface area contributed by atoms with Gasteiger partial charge in [-0.15, -0.1) is 0 Å². The third-order valence-corrected chi connectivity index (χ3v) is 4.97. The van der Waals surface area contributed by atoms with E-state index < -0.39 is 0 Å². The summed E-state index contributed by atoms with van der Waals surface area (Å²) in [5.41, 5.74) is 2.68. The second-order valence-electron chi connectivity index (χ2n) is 5.24. The molecule has 120 valence electrons. The molecular weight excluding hydrogens is 413 g/mol. The summed E-state index contributed by atoms with van der Waals surface area (Å²) < 4.78 is 2.67. The number of hydrogen-bond acceptors (Lipinski definition) is 4. The first-order valence-corrected chi connectivity index (χ1v) is 8.65. The van der Waals surface area contributed by atoms with Crippen molar-refractivity contribution in [3.63, 3.8) is 0 Å². The lowest BCUT2D eigenvalue weighted by Crippen LogP contribution is -2.20. The van der Waals surface area contributed by atoms with Crippen molar-refractivity contribution in [1.29, 1.82) is 0 Å². The van der Waals surface area contributed by atoms with E-state index >= 15 is 0 Å². The maximum atomic E-state index is 6.39. The molecule has 24 heavy (non-hydrogen) atoms. The fourth-order valence-electron chi connectivity index (χ4n) is 2.65. The second-order valence-corrected chi connectivity index (χ2v) is 6.97. The number of benzene rings is 2. The van der Waals surface area contributed by atoms with Gasteiger partial charge in [-0.1, -0.05) is 62.4 Å². The number of nitrogens with zero attached hydrogens (tertiary/aromatic N) is 4. The Morgan fingerprint density at radius 2 is 1.75 bits per heavy atom. The lowest BCUT2D eigenvalue weighted by atomic mass is 10.0. The van der Waals surface area contributed by atoms with Crippen molar-refractivity contribution in [2.45, 2.75) is 6.04 Å². The number of rotatable bonds is 2. The molecule has 2 aromatic carbocycles. The monoisotopic (exact) mass is 421 g/mol. The number of nitrogens with one attached hydrogen (secondary N) is 1. The molecule has 2 heterocycles. The van der Waals surface area contributed by atoms with Gasteiger partial charge >= 0.3 is 0 Å². The number of tetrazole rings is 1. The van der Waals surface area contributed by atoms with Gasteiger partial charge in [0.05, 0.1) is 0 Å². The molecule has 1 aliphatic heterocycles. The number of allylic oxidation sites excluding steroid dienone is 1. The van der Waals surface area contributed by atoms with E-state index in [2.05, 4.69) is 36.8 Å². The summed E-state index contributed by atoms with van der Waals surface area (Å²) in [6.07, 6.45) is 2.01. The van der Waals surface area contributed by atoms with Crippen molar-refractivity contribution in [1.82, 2.24) is 20.2 Å². The molecule has 0 radical (unpaired) electrons. The van der Waals surface area contributed by atoms with E-state index in [9.17, 15) is 0 Å². The zero-order valence-electron chi connectivity index (χ0n) is 12.1. The van der Waals surface area contributed by atoms with Gasteiger partial charge in [0.15, 0.2) is 0 Å². The summed E-state index contributed by atoms with van der Waals surface area (Å²) in [7, 11) is 0. The van der Waals surface area contributed by atoms with Gasteiger partial charge < -0.3 is 5.32 Å². The van der Waals surface area contributed by atoms with Crippen LogP contribution in [0.25, 0.3) is 5.70 Å². The van der Waals surface area contributed by atoms with Gasteiger partial charge in [0.25, 0.3) is 0 Å². The SMILES string of the molecule is Clc1cccc(Cl)c1[C@@H]1C=C(c2ccc(Br)cc2)Nc2nnnn21. The van der Waals surface area contributed by atoms with Crippen molar-refractivity contribution < 1.29 is 0 Å². The molecule has 3 aromatic rings. The van der Waals surface area contributed by atoms with Crippen molar-refractivity contribution >= 4 is 50.8 Å². The summed E-state index contributed by atoms with van der Waals surface area (Å²) >= 11 is 16.2. The molecule has 1 aliphatic rings. The van der Waals surface area contributed by atoms with Crippen LogP contribution in [0.5, 0.6) is 0 Å². The van der Waals surface area contributed by atoms with Crippen molar-refractivity contribution in [2.24, 2.45) is 0 Å². The minimum Gasteiger partial charge on any atom is -0.323 e. The Bertz CT molecular complexity index is 916. The van der Waals surface area contributed by atoms with E-state index in [1.54, 1.807) is 4.68 Å². The summed E-state index contributed by atoms with van der Waals surface area (Å²) in [5.74, 6) is 0.538. The molecule has 1 atom stereocenters. The average molecular weight is 423 g/mol. The third-order valence-electron chi connectivity index (χ3n) is 3.78. The fourth-order valence-corrected chi connectivity index (χ4v) is 3.54. The van der Waals surface area contributed by atoms with Gasteiger partial charge in [0.1, 0.15) is 6.04 Å². The number of hydrogen-bond donors (Lipinski definition) is 1. The smallest absolute Gasteiger partial charge is 0.248 e. The van der Waals surface area contributed by atoms with Gasteiger partial charge in [0.2, 0.25) is 5.95 Å². The Morgan fingerprint density at radius 3 is 2.46 bits per heavy atom. The van der Waals surface area contributed by atoms with Crippen LogP contribution >= 0.6 is 39.1 Å². The molecule has 0 saturated carbocycles. The second kappa shape index (κ2) is 6.20. The number of aromatic nitrogens is 4. The molecule has 0 amide bonds. The summed E-state index contributed by atoms with van der Waals surface area (Å²) in [4.78, 5) is 0. The lowest BCUT2D eigenvalue weighted by Gasteiger charge is -2.24. The molecule has 0 spiro atoms. The molecule has 0 saturated heterocycles. The Kier molecular flexibility index (Phi) is 4.04. The maximum Gasteiger partial charge on any atom is 0.248 e. The predicted octanol–water partition coefficient (Wildman–Crippen LogP) is 4.80. The highest BCUT2D eigenvalue weighted by atomic mass is 79.9. The standard InChI is InChI=1S/C16H10BrCl2N5/c17-10-6-4-9(5-7-10)13-8-14(24-16(20-13)21-22-23-24)15-11(18)2-1-3-12(15)19/h1-8,14H,(H,20,21,23)/t14-/m0/s1. The van der Waals surface area contributed by atoms with Crippen LogP contribution in [0, 0.1) is 0 Å². The van der Waals surface area contributed by atoms with E-state index in [1.807, 2.05) is 48.5 Å². The lowest BCUT2D eigenvalue weighted by molar-refractivity contribution is 0.586. The Morgan fingerprint density at radius 1 is 1.04 bits per heavy atom. The van der Waals surface area contributed by atoms with Gasteiger partial charge in [-0.3, -0.25) is 0 Å². The van der Waals surface area contributed by atoms with Crippen LogP contribution in [-0.2, 0) is 0 Å². The van der Waals surface area contributed by atoms with Crippen LogP contribution in [-0.4, -0.2) is 20.2 Å². The quantitative estimate of drug-likeness (QED) is 0.644. The number of halogens is 3. The Hall–Kier alpha value is -1.89. The molecule has 1 N–H and O–H groups in total. The highest BCUT2D eigenvalue weighted by molar-refractivity contribution is 9.10. The largest absolute Gasteiger partial charge is 0.323 e. The molecule has 0 bridgehead atoms. The topological polar surface area (TPSA) is 55.6 Å². The Labute approximate surface area is 156 Å². The summed E-state index contributed by atoms with van der Waals surface area (Å²) in [5, 5.41) is 16.2. The molecule has 0 fully saturated rings. The zero-order chi connectivity index (χ0) is 16.7. The molecule has 5 nitrogen and oxygen atoms in total. The maximum absolute atomic E-state index is 6.39. The first-order valence-electron chi connectivity index (χ1n) is 7.10. The summed E-state index contributed by atoms with van der Waals surface area (Å²) in [6, 6.07) is 13.1. The van der Waals surface area contributed by atoms with E-state index in [0.29, 0.717) is 16.0 Å². The molecule has 0 aliphatic carbocycles. The molecule has 4 rings (SSSR count). The van der Waals surface area contributed by atoms with E-state index in [0.717, 1.165) is 21.3 Å². The minimum atomic E-state index is -0.295. The van der Waals surface area contributed by atoms with Gasteiger partial charge in [-0.05, 0) is 46.3 Å². The van der Waals surface area contributed by atoms with Crippen LogP contribution < -0.4 is 5.32 Å². The fraction of sp³-hybridized carbons (Fsp3) is 0.0625. The van der Waals surface area contributed by atoms with Crippen LogP contribution in [0.2, 0.25) is 10.0 Å². The molecule has 1 aromatic heterocycles. The van der Waals surface area contributed by atoms with E-state index in [1.165, 1.54) is 0 Å². The number of fused-ring (bicyclic) bond motifs is 1. The van der Waals surface area contributed by atoms with Crippen molar-refractivity contribution in [2.75, 3.05) is 5.32 Å². The number of anilines is 1. The minimum absolute atomic E-state index is 0.295. The highest BCUT2D eigenvalue weighted by Gasteiger charge is 2.27. The van der Waals surface area contributed by atoms with Crippen LogP contribution in [0.3, 0.4) is 0 Å². The van der Waals surface area contributed by atoms with E-state index in [4.69, 9.17) is 23.2 Å². The average Bonchev–Trinajstić information content (AvgIpc) is 3.04. The van der Waals surface area contributed by atoms with Crippen molar-refractivity contribution in [3.05, 3.63) is 74.2 Å². The third kappa shape index (κ3) is 2.70. The van der Waals surface area contributed by atoms with Gasteiger partial charge in [-0.25, -0.2) is 0 Å². The van der Waals surface area contributed by atoms with Crippen LogP contribution in [0.1, 0.15) is 17.2 Å². The Balaban J connectivity index is 1.87. The van der Waals surface area contributed by atoms with Crippen LogP contribution in [0.4, 0.5) is 5.95 Å². The van der Waals surface area contributed by atoms with E-state index in [-0.39, 0.29) is 6.04 Å². The summed E-state index contributed by atoms with van der Waals surface area (Å²) in [6.45, 7) is 0. The first-order chi connectivity index (χ1) is 11.6. The highest BCUT2D eigenvalue weighted by Crippen LogP contribution is 2.38. The molecule has 0 unspecified atom stereocenters. The molecular formula is C16H10BrCl2N5.